The number of para-hydroxylation sites is 1. The fraction of sp³-hybridized carbons (Fsp3) is 0.308. The molecule has 1 N–H and O–H groups in total. The number of hydrogen-bond acceptors (Lipinski definition) is 8. The maximum atomic E-state index is 11.9. The standard InChI is InChI=1S/C26H28ClN7O3/c1-31(2)17-10-11-33(14-17)21-9-8-16(12-22(21)34(35)36)29-26-28-13-20(27)24(30-26)19-15-32(3)25-18(19)6-5-7-23(25)37-4/h5-9,12-13,15,17H,10-11,14H2,1-4H3,(H,28,29,30). The molecule has 1 aliphatic heterocycles. The van der Waals surface area contributed by atoms with Gasteiger partial charge in [-0.15, -0.1) is 0 Å². The van der Waals surface area contributed by atoms with E-state index in [0.717, 1.165) is 41.7 Å². The average molecular weight is 522 g/mol. The zero-order valence-corrected chi connectivity index (χ0v) is 21.9. The topological polar surface area (TPSA) is 102 Å². The van der Waals surface area contributed by atoms with Crippen LogP contribution in [0.2, 0.25) is 5.02 Å². The third-order valence-electron chi connectivity index (χ3n) is 6.85. The molecule has 3 heterocycles. The molecule has 0 saturated carbocycles. The summed E-state index contributed by atoms with van der Waals surface area (Å²) in [5.74, 6) is 1.03. The monoisotopic (exact) mass is 521 g/mol. The molecule has 2 aromatic carbocycles. The second-order valence-electron chi connectivity index (χ2n) is 9.34. The fourth-order valence-corrected chi connectivity index (χ4v) is 5.12. The molecule has 37 heavy (non-hydrogen) atoms. The molecule has 5 rings (SSSR count). The first-order valence-corrected chi connectivity index (χ1v) is 12.3. The molecule has 1 fully saturated rings. The van der Waals surface area contributed by atoms with Crippen LogP contribution in [0.3, 0.4) is 0 Å². The number of likely N-dealkylation sites (N-methyl/N-ethyl adjacent to an activating group) is 1. The van der Waals surface area contributed by atoms with Crippen molar-refractivity contribution in [2.45, 2.75) is 12.5 Å². The van der Waals surface area contributed by atoms with Crippen LogP contribution >= 0.6 is 11.6 Å². The molecular weight excluding hydrogens is 494 g/mol. The third-order valence-corrected chi connectivity index (χ3v) is 7.12. The van der Waals surface area contributed by atoms with Gasteiger partial charge in [0.15, 0.2) is 0 Å². The number of fused-ring (bicyclic) bond motifs is 1. The zero-order valence-electron chi connectivity index (χ0n) is 21.1. The zero-order chi connectivity index (χ0) is 26.3. The van der Waals surface area contributed by atoms with E-state index in [-0.39, 0.29) is 16.6 Å². The number of halogens is 1. The molecule has 4 aromatic rings. The van der Waals surface area contributed by atoms with E-state index < -0.39 is 0 Å². The minimum absolute atomic E-state index is 0.0414. The first-order valence-electron chi connectivity index (χ1n) is 11.9. The normalized spacial score (nSPS) is 15.5. The van der Waals surface area contributed by atoms with Gasteiger partial charge in [0.25, 0.3) is 5.69 Å². The number of methoxy groups -OCH3 is 1. The van der Waals surface area contributed by atoms with Crippen LogP contribution < -0.4 is 15.0 Å². The lowest BCUT2D eigenvalue weighted by Crippen LogP contribution is -2.31. The molecule has 1 atom stereocenters. The molecular formula is C26H28ClN7O3. The van der Waals surface area contributed by atoms with Gasteiger partial charge in [-0.1, -0.05) is 23.7 Å². The van der Waals surface area contributed by atoms with Gasteiger partial charge in [0.2, 0.25) is 5.95 Å². The Morgan fingerprint density at radius 3 is 2.78 bits per heavy atom. The Balaban J connectivity index is 1.47. The number of rotatable bonds is 7. The summed E-state index contributed by atoms with van der Waals surface area (Å²) in [6.45, 7) is 1.52. The van der Waals surface area contributed by atoms with Gasteiger partial charge in [-0.3, -0.25) is 10.1 Å². The van der Waals surface area contributed by atoms with E-state index in [1.165, 1.54) is 12.3 Å². The van der Waals surface area contributed by atoms with Crippen LogP contribution in [0.25, 0.3) is 22.2 Å². The lowest BCUT2D eigenvalue weighted by Gasteiger charge is -2.22. The van der Waals surface area contributed by atoms with Crippen LogP contribution in [-0.4, -0.2) is 64.7 Å². The van der Waals surface area contributed by atoms with Crippen LogP contribution in [0.4, 0.5) is 23.0 Å². The third kappa shape index (κ3) is 4.65. The van der Waals surface area contributed by atoms with Crippen molar-refractivity contribution >= 4 is 45.5 Å². The largest absolute Gasteiger partial charge is 0.495 e. The lowest BCUT2D eigenvalue weighted by molar-refractivity contribution is -0.384. The Labute approximate surface area is 219 Å². The Bertz CT molecular complexity index is 1490. The number of benzene rings is 2. The molecule has 0 aliphatic carbocycles. The highest BCUT2D eigenvalue weighted by atomic mass is 35.5. The second-order valence-corrected chi connectivity index (χ2v) is 9.75. The predicted octanol–water partition coefficient (Wildman–Crippen LogP) is 5.09. The van der Waals surface area contributed by atoms with Crippen LogP contribution in [-0.2, 0) is 7.05 Å². The molecule has 192 valence electrons. The van der Waals surface area contributed by atoms with Crippen molar-refractivity contribution in [2.24, 2.45) is 7.05 Å². The van der Waals surface area contributed by atoms with E-state index in [4.69, 9.17) is 16.3 Å². The van der Waals surface area contributed by atoms with Gasteiger partial charge in [0.1, 0.15) is 11.4 Å². The van der Waals surface area contributed by atoms with E-state index >= 15 is 0 Å². The van der Waals surface area contributed by atoms with Crippen LogP contribution in [0.15, 0.2) is 48.8 Å². The molecule has 2 aromatic heterocycles. The minimum atomic E-state index is -0.346. The quantitative estimate of drug-likeness (QED) is 0.265. The number of aromatic nitrogens is 3. The van der Waals surface area contributed by atoms with Gasteiger partial charge in [-0.2, -0.15) is 0 Å². The number of anilines is 3. The summed E-state index contributed by atoms with van der Waals surface area (Å²) in [5.41, 5.74) is 3.48. The SMILES string of the molecule is COc1cccc2c(-c3nc(Nc4ccc(N5CCC(N(C)C)C5)c([N+](=O)[O-])c4)ncc3Cl)cn(C)c12. The van der Waals surface area contributed by atoms with Crippen LogP contribution in [0.1, 0.15) is 6.42 Å². The molecule has 0 amide bonds. The molecule has 10 nitrogen and oxygen atoms in total. The molecule has 0 bridgehead atoms. The van der Waals surface area contributed by atoms with Gasteiger partial charge in [-0.25, -0.2) is 9.97 Å². The summed E-state index contributed by atoms with van der Waals surface area (Å²) in [5, 5.41) is 16.4. The number of nitrogens with one attached hydrogen (secondary N) is 1. The molecule has 1 aliphatic rings. The van der Waals surface area contributed by atoms with Gasteiger partial charge < -0.3 is 24.4 Å². The number of aryl methyl sites for hydroxylation is 1. The van der Waals surface area contributed by atoms with E-state index in [2.05, 4.69) is 25.1 Å². The molecule has 11 heteroatoms. The Morgan fingerprint density at radius 1 is 1.27 bits per heavy atom. The van der Waals surface area contributed by atoms with E-state index in [1.807, 2.05) is 56.2 Å². The maximum Gasteiger partial charge on any atom is 0.294 e. The smallest absolute Gasteiger partial charge is 0.294 e. The van der Waals surface area contributed by atoms with Crippen molar-refractivity contribution in [3.8, 4) is 17.0 Å². The Kier molecular flexibility index (Phi) is 6.61. The lowest BCUT2D eigenvalue weighted by atomic mass is 10.1. The maximum absolute atomic E-state index is 11.9. The minimum Gasteiger partial charge on any atom is -0.495 e. The Hall–Kier alpha value is -3.89. The number of nitro benzene ring substituents is 1. The molecule has 0 radical (unpaired) electrons. The second kappa shape index (κ2) is 9.87. The van der Waals surface area contributed by atoms with Crippen molar-refractivity contribution in [1.29, 1.82) is 0 Å². The van der Waals surface area contributed by atoms with E-state index in [0.29, 0.717) is 28.1 Å². The first-order chi connectivity index (χ1) is 17.8. The van der Waals surface area contributed by atoms with Gasteiger partial charge in [0.05, 0.1) is 34.5 Å². The van der Waals surface area contributed by atoms with Gasteiger partial charge in [-0.05, 0) is 38.7 Å². The van der Waals surface area contributed by atoms with Crippen LogP contribution in [0.5, 0.6) is 5.75 Å². The summed E-state index contributed by atoms with van der Waals surface area (Å²) in [7, 11) is 7.63. The van der Waals surface area contributed by atoms with E-state index in [9.17, 15) is 10.1 Å². The van der Waals surface area contributed by atoms with E-state index in [1.54, 1.807) is 13.2 Å². The summed E-state index contributed by atoms with van der Waals surface area (Å²) < 4.78 is 7.49. The van der Waals surface area contributed by atoms with Crippen molar-refractivity contribution in [1.82, 2.24) is 19.4 Å². The summed E-state index contributed by atoms with van der Waals surface area (Å²) in [4.78, 5) is 24.8. The Morgan fingerprint density at radius 2 is 2.08 bits per heavy atom. The highest BCUT2D eigenvalue weighted by Crippen LogP contribution is 2.38. The van der Waals surface area contributed by atoms with Crippen molar-refractivity contribution in [2.75, 3.05) is 44.5 Å². The summed E-state index contributed by atoms with van der Waals surface area (Å²) in [6, 6.07) is 11.3. The van der Waals surface area contributed by atoms with Gasteiger partial charge >= 0.3 is 0 Å². The molecule has 1 saturated heterocycles. The number of nitrogens with zero attached hydrogens (tertiary/aromatic N) is 6. The first kappa shape index (κ1) is 24.8. The molecule has 0 spiro atoms. The van der Waals surface area contributed by atoms with Crippen molar-refractivity contribution < 1.29 is 9.66 Å². The average Bonchev–Trinajstić information content (AvgIpc) is 3.51. The number of hydrogen-bond donors (Lipinski definition) is 1. The van der Waals surface area contributed by atoms with Crippen molar-refractivity contribution in [3.63, 3.8) is 0 Å². The predicted molar refractivity (Wildman–Crippen MR) is 146 cm³/mol. The van der Waals surface area contributed by atoms with Crippen LogP contribution in [0, 0.1) is 10.1 Å². The highest BCUT2D eigenvalue weighted by Gasteiger charge is 2.29. The number of nitro groups is 1. The fourth-order valence-electron chi connectivity index (χ4n) is 4.93. The highest BCUT2D eigenvalue weighted by molar-refractivity contribution is 6.33. The van der Waals surface area contributed by atoms with Crippen molar-refractivity contribution in [3.05, 3.63) is 63.9 Å². The summed E-state index contributed by atoms with van der Waals surface area (Å²) >= 11 is 6.52. The molecule has 1 unspecified atom stereocenters. The summed E-state index contributed by atoms with van der Waals surface area (Å²) in [6.07, 6.45) is 4.44. The van der Waals surface area contributed by atoms with Gasteiger partial charge in [0, 0.05) is 55.1 Å². The number of ether oxygens (including phenoxy) is 1.